The Kier molecular flexibility index (Phi) is 6.66. The molecule has 0 aromatic heterocycles. The molecule has 1 heterocycles. The molecule has 1 aliphatic heterocycles. The van der Waals surface area contributed by atoms with Crippen LogP contribution in [0.25, 0.3) is 0 Å². The minimum absolute atomic E-state index is 0.0911. The van der Waals surface area contributed by atoms with Gasteiger partial charge in [-0.1, -0.05) is 23.7 Å². The van der Waals surface area contributed by atoms with Crippen LogP contribution in [0.2, 0.25) is 5.02 Å². The van der Waals surface area contributed by atoms with Crippen LogP contribution in [0.3, 0.4) is 0 Å². The van der Waals surface area contributed by atoms with E-state index in [4.69, 9.17) is 21.1 Å². The fraction of sp³-hybridized carbons (Fsp3) is 0.323. The third-order valence-corrected chi connectivity index (χ3v) is 7.77. The molecule has 0 saturated heterocycles. The van der Waals surface area contributed by atoms with Crippen molar-refractivity contribution >= 4 is 17.5 Å². The molecular formula is C31H30ClNO5. The van der Waals surface area contributed by atoms with Crippen LogP contribution in [-0.4, -0.2) is 29.3 Å². The van der Waals surface area contributed by atoms with Crippen molar-refractivity contribution in [1.29, 1.82) is 0 Å². The van der Waals surface area contributed by atoms with Gasteiger partial charge in [0.25, 0.3) is 5.91 Å². The molecule has 3 aromatic carbocycles. The molecule has 3 aliphatic rings. The van der Waals surface area contributed by atoms with Crippen molar-refractivity contribution < 1.29 is 24.5 Å². The Labute approximate surface area is 226 Å². The van der Waals surface area contributed by atoms with Gasteiger partial charge in [0.05, 0.1) is 17.4 Å². The molecule has 7 heteroatoms. The summed E-state index contributed by atoms with van der Waals surface area (Å²) in [6.07, 6.45) is 5.57. The highest BCUT2D eigenvalue weighted by Gasteiger charge is 2.31. The summed E-state index contributed by atoms with van der Waals surface area (Å²) >= 11 is 6.54. The molecular weight excluding hydrogens is 502 g/mol. The number of aromatic hydroxyl groups is 1. The van der Waals surface area contributed by atoms with Crippen molar-refractivity contribution in [2.75, 3.05) is 13.2 Å². The summed E-state index contributed by atoms with van der Waals surface area (Å²) in [5.41, 5.74) is 4.53. The maximum Gasteiger partial charge on any atom is 0.251 e. The Bertz CT molecular complexity index is 1400. The van der Waals surface area contributed by atoms with Crippen LogP contribution in [0.1, 0.15) is 71.0 Å². The topological polar surface area (TPSA) is 88.0 Å². The highest BCUT2D eigenvalue weighted by atomic mass is 35.5. The Morgan fingerprint density at radius 1 is 1.05 bits per heavy atom. The smallest absolute Gasteiger partial charge is 0.251 e. The van der Waals surface area contributed by atoms with Gasteiger partial charge in [-0.3, -0.25) is 4.79 Å². The van der Waals surface area contributed by atoms with Crippen LogP contribution in [0.15, 0.2) is 65.9 Å². The maximum absolute atomic E-state index is 12.6. The number of rotatable bonds is 8. The molecule has 0 bridgehead atoms. The molecule has 2 saturated carbocycles. The summed E-state index contributed by atoms with van der Waals surface area (Å²) in [4.78, 5) is 12.6. The van der Waals surface area contributed by atoms with Crippen molar-refractivity contribution in [1.82, 2.24) is 5.32 Å². The van der Waals surface area contributed by atoms with E-state index < -0.39 is 0 Å². The van der Waals surface area contributed by atoms with E-state index in [1.54, 1.807) is 30.3 Å². The Morgan fingerprint density at radius 2 is 1.84 bits per heavy atom. The molecule has 3 aromatic rings. The normalized spacial score (nSPS) is 17.8. The predicted molar refractivity (Wildman–Crippen MR) is 146 cm³/mol. The van der Waals surface area contributed by atoms with Crippen LogP contribution < -0.4 is 14.8 Å². The number of aliphatic hydroxyl groups is 1. The minimum atomic E-state index is -0.193. The first-order chi connectivity index (χ1) is 18.5. The largest absolute Gasteiger partial charge is 0.512 e. The van der Waals surface area contributed by atoms with E-state index in [-0.39, 0.29) is 11.8 Å². The number of carbonyl (C=O) groups excluding carboxylic acids is 1. The van der Waals surface area contributed by atoms with Crippen molar-refractivity contribution in [3.63, 3.8) is 0 Å². The standard InChI is InChI=1S/C31H30ClNO5/c32-26-16-25-24(30(35)20-4-5-20)12-14-37-28(25)17-29(26)38-23-9-7-21(8-10-23)31(36)33-13-11-19-3-6-22(15-27(19)34)18-1-2-18/h3,6-10,15-18,24,34-35H,1-2,4-5,11-14H2,(H,33,36). The van der Waals surface area contributed by atoms with Gasteiger partial charge >= 0.3 is 0 Å². The first-order valence-corrected chi connectivity index (χ1v) is 13.6. The van der Waals surface area contributed by atoms with E-state index in [1.165, 1.54) is 18.4 Å². The van der Waals surface area contributed by atoms with Gasteiger partial charge in [-0.15, -0.1) is 0 Å². The summed E-state index contributed by atoms with van der Waals surface area (Å²) < 4.78 is 11.8. The zero-order valence-corrected chi connectivity index (χ0v) is 21.8. The molecule has 1 atom stereocenters. The Balaban J connectivity index is 1.07. The lowest BCUT2D eigenvalue weighted by molar-refractivity contribution is 0.0954. The number of aliphatic hydroxyl groups excluding tert-OH is 1. The second kappa shape index (κ2) is 10.3. The second-order valence-electron chi connectivity index (χ2n) is 10.3. The number of benzene rings is 3. The number of halogens is 1. The number of allylic oxidation sites excluding steroid dienone is 2. The third kappa shape index (κ3) is 5.32. The van der Waals surface area contributed by atoms with Crippen LogP contribution in [0.4, 0.5) is 0 Å². The van der Waals surface area contributed by atoms with E-state index in [9.17, 15) is 15.0 Å². The van der Waals surface area contributed by atoms with E-state index in [0.29, 0.717) is 64.8 Å². The summed E-state index contributed by atoms with van der Waals surface area (Å²) in [6, 6.07) is 16.3. The number of nitrogens with one attached hydrogen (secondary N) is 1. The van der Waals surface area contributed by atoms with Gasteiger partial charge in [0, 0.05) is 29.7 Å². The Morgan fingerprint density at radius 3 is 2.55 bits per heavy atom. The second-order valence-corrected chi connectivity index (χ2v) is 10.7. The molecule has 6 nitrogen and oxygen atoms in total. The quantitative estimate of drug-likeness (QED) is 0.268. The third-order valence-electron chi connectivity index (χ3n) is 7.48. The van der Waals surface area contributed by atoms with E-state index in [1.807, 2.05) is 18.2 Å². The number of hydrogen-bond donors (Lipinski definition) is 3. The Hall–Kier alpha value is -3.64. The zero-order chi connectivity index (χ0) is 26.2. The molecule has 1 unspecified atom stereocenters. The molecule has 1 amide bonds. The number of fused-ring (bicyclic) bond motifs is 1. The first-order valence-electron chi connectivity index (χ1n) is 13.2. The molecule has 196 valence electrons. The predicted octanol–water partition coefficient (Wildman–Crippen LogP) is 7.16. The molecule has 38 heavy (non-hydrogen) atoms. The summed E-state index contributed by atoms with van der Waals surface area (Å²) in [7, 11) is 0. The number of hydrogen-bond acceptors (Lipinski definition) is 5. The lowest BCUT2D eigenvalue weighted by Gasteiger charge is -2.26. The fourth-order valence-corrected chi connectivity index (χ4v) is 5.20. The average molecular weight is 532 g/mol. The lowest BCUT2D eigenvalue weighted by Crippen LogP contribution is -2.25. The number of amides is 1. The zero-order valence-electron chi connectivity index (χ0n) is 21.0. The minimum Gasteiger partial charge on any atom is -0.512 e. The van der Waals surface area contributed by atoms with Gasteiger partial charge in [-0.25, -0.2) is 0 Å². The van der Waals surface area contributed by atoms with E-state index in [2.05, 4.69) is 11.4 Å². The summed E-state index contributed by atoms with van der Waals surface area (Å²) in [5.74, 6) is 2.72. The number of ether oxygens (including phenoxy) is 2. The van der Waals surface area contributed by atoms with Gasteiger partial charge in [-0.05, 0) is 97.5 Å². The fourth-order valence-electron chi connectivity index (χ4n) is 4.99. The van der Waals surface area contributed by atoms with Gasteiger partial charge in [0.2, 0.25) is 0 Å². The SMILES string of the molecule is O=C(NCCc1ccc(C2CC2)cc1O)c1ccc(Oc2cc3c(cc2Cl)C(C(O)=C2CC2)CCO3)cc1. The molecule has 6 rings (SSSR count). The number of phenols is 1. The van der Waals surface area contributed by atoms with Gasteiger partial charge in [-0.2, -0.15) is 0 Å². The summed E-state index contributed by atoms with van der Waals surface area (Å²) in [6.45, 7) is 0.941. The van der Waals surface area contributed by atoms with Gasteiger partial charge in [0.15, 0.2) is 0 Å². The van der Waals surface area contributed by atoms with Gasteiger partial charge < -0.3 is 25.0 Å². The highest BCUT2D eigenvalue weighted by Crippen LogP contribution is 2.46. The molecule has 2 fully saturated rings. The van der Waals surface area contributed by atoms with Crippen LogP contribution in [0, 0.1) is 0 Å². The summed E-state index contributed by atoms with van der Waals surface area (Å²) in [5, 5.41) is 24.2. The first kappa shape index (κ1) is 24.7. The highest BCUT2D eigenvalue weighted by molar-refractivity contribution is 6.32. The van der Waals surface area contributed by atoms with E-state index >= 15 is 0 Å². The number of carbonyl (C=O) groups is 1. The maximum atomic E-state index is 12.6. The molecule has 3 N–H and O–H groups in total. The van der Waals surface area contributed by atoms with Crippen molar-refractivity contribution in [3.05, 3.63) is 93.2 Å². The van der Waals surface area contributed by atoms with Gasteiger partial charge in [0.1, 0.15) is 23.0 Å². The monoisotopic (exact) mass is 531 g/mol. The average Bonchev–Trinajstić information content (AvgIpc) is 3.83. The van der Waals surface area contributed by atoms with Crippen LogP contribution in [-0.2, 0) is 6.42 Å². The van der Waals surface area contributed by atoms with Crippen molar-refractivity contribution in [2.45, 2.75) is 50.4 Å². The van der Waals surface area contributed by atoms with Crippen LogP contribution >= 0.6 is 11.6 Å². The lowest BCUT2D eigenvalue weighted by atomic mass is 9.90. The van der Waals surface area contributed by atoms with Crippen molar-refractivity contribution in [3.8, 4) is 23.0 Å². The van der Waals surface area contributed by atoms with Crippen LogP contribution in [0.5, 0.6) is 23.0 Å². The number of phenolic OH excluding ortho intramolecular Hbond substituents is 1. The molecule has 0 spiro atoms. The van der Waals surface area contributed by atoms with E-state index in [0.717, 1.165) is 36.0 Å². The molecule has 0 radical (unpaired) electrons. The van der Waals surface area contributed by atoms with Crippen molar-refractivity contribution in [2.24, 2.45) is 0 Å². The molecule has 2 aliphatic carbocycles.